The van der Waals surface area contributed by atoms with Crippen molar-refractivity contribution in [3.05, 3.63) is 53.6 Å². The Kier molecular flexibility index (Phi) is 3.92. The third-order valence-electron chi connectivity index (χ3n) is 4.95. The van der Waals surface area contributed by atoms with E-state index < -0.39 is 6.09 Å². The van der Waals surface area contributed by atoms with Gasteiger partial charge in [0.15, 0.2) is 5.58 Å². The topological polar surface area (TPSA) is 66.6 Å². The Bertz CT molecular complexity index is 906. The molecule has 1 aliphatic heterocycles. The van der Waals surface area contributed by atoms with Gasteiger partial charge in [-0.1, -0.05) is 23.8 Å². The van der Waals surface area contributed by atoms with Crippen molar-refractivity contribution in [3.8, 4) is 11.5 Å². The summed E-state index contributed by atoms with van der Waals surface area (Å²) in [5, 5.41) is 9.07. The number of amides is 1. The van der Waals surface area contributed by atoms with Crippen molar-refractivity contribution >= 4 is 17.2 Å². The van der Waals surface area contributed by atoms with Gasteiger partial charge in [0.05, 0.1) is 0 Å². The van der Waals surface area contributed by atoms with Crippen LogP contribution in [0.3, 0.4) is 0 Å². The van der Waals surface area contributed by atoms with Gasteiger partial charge in [0.25, 0.3) is 0 Å². The Hall–Kier alpha value is -2.82. The number of aryl methyl sites for hydroxylation is 1. The highest BCUT2D eigenvalue weighted by Gasteiger charge is 2.24. The van der Waals surface area contributed by atoms with Gasteiger partial charge in [-0.3, -0.25) is 0 Å². The summed E-state index contributed by atoms with van der Waals surface area (Å²) >= 11 is 0. The van der Waals surface area contributed by atoms with Crippen molar-refractivity contribution in [1.29, 1.82) is 0 Å². The summed E-state index contributed by atoms with van der Waals surface area (Å²) in [6, 6.07) is 14.3. The first-order valence-electron chi connectivity index (χ1n) is 8.55. The van der Waals surface area contributed by atoms with Crippen LogP contribution in [0.5, 0.6) is 0 Å². The quantitative estimate of drug-likeness (QED) is 0.739. The molecular formula is C20H20N2O3. The molecule has 0 spiro atoms. The van der Waals surface area contributed by atoms with E-state index in [2.05, 4.69) is 24.0 Å². The van der Waals surface area contributed by atoms with Crippen molar-refractivity contribution in [1.82, 2.24) is 9.88 Å². The predicted molar refractivity (Wildman–Crippen MR) is 95.8 cm³/mol. The van der Waals surface area contributed by atoms with Gasteiger partial charge in [0, 0.05) is 18.7 Å². The molecule has 0 unspecified atom stereocenters. The number of aromatic nitrogens is 1. The lowest BCUT2D eigenvalue weighted by molar-refractivity contribution is 0.132. The van der Waals surface area contributed by atoms with E-state index in [1.54, 1.807) is 0 Å². The summed E-state index contributed by atoms with van der Waals surface area (Å²) in [5.41, 5.74) is 5.01. The maximum Gasteiger partial charge on any atom is 0.407 e. The van der Waals surface area contributed by atoms with Gasteiger partial charge in [-0.25, -0.2) is 9.78 Å². The number of piperidine rings is 1. The van der Waals surface area contributed by atoms with E-state index in [4.69, 9.17) is 9.52 Å². The number of carbonyl (C=O) groups is 1. The van der Waals surface area contributed by atoms with Crippen LogP contribution >= 0.6 is 0 Å². The van der Waals surface area contributed by atoms with E-state index in [1.807, 2.05) is 30.3 Å². The van der Waals surface area contributed by atoms with Crippen LogP contribution in [0.25, 0.3) is 22.6 Å². The molecule has 3 aromatic rings. The fourth-order valence-corrected chi connectivity index (χ4v) is 3.42. The molecule has 0 radical (unpaired) electrons. The lowest BCUT2D eigenvalue weighted by Gasteiger charge is -2.30. The molecule has 0 saturated carbocycles. The highest BCUT2D eigenvalue weighted by Crippen LogP contribution is 2.32. The molecule has 1 aliphatic rings. The fourth-order valence-electron chi connectivity index (χ4n) is 3.42. The average molecular weight is 336 g/mol. The fraction of sp³-hybridized carbons (Fsp3) is 0.300. The number of rotatable bonds is 2. The highest BCUT2D eigenvalue weighted by molar-refractivity contribution is 5.77. The Morgan fingerprint density at radius 3 is 2.56 bits per heavy atom. The van der Waals surface area contributed by atoms with E-state index in [-0.39, 0.29) is 0 Å². The summed E-state index contributed by atoms with van der Waals surface area (Å²) in [4.78, 5) is 17.1. The molecule has 1 aromatic heterocycles. The maximum atomic E-state index is 11.0. The maximum absolute atomic E-state index is 11.0. The van der Waals surface area contributed by atoms with Crippen LogP contribution in [0, 0.1) is 6.92 Å². The van der Waals surface area contributed by atoms with E-state index in [9.17, 15) is 4.79 Å². The van der Waals surface area contributed by atoms with Crippen molar-refractivity contribution in [2.24, 2.45) is 0 Å². The molecule has 25 heavy (non-hydrogen) atoms. The second-order valence-electron chi connectivity index (χ2n) is 6.66. The van der Waals surface area contributed by atoms with E-state index in [0.29, 0.717) is 24.9 Å². The molecule has 2 heterocycles. The van der Waals surface area contributed by atoms with Gasteiger partial charge in [-0.2, -0.15) is 0 Å². The molecule has 0 bridgehead atoms. The number of nitrogens with zero attached hydrogens (tertiary/aromatic N) is 2. The smallest absolute Gasteiger partial charge is 0.407 e. The molecule has 5 nitrogen and oxygen atoms in total. The molecule has 2 aromatic carbocycles. The number of fused-ring (bicyclic) bond motifs is 1. The Morgan fingerprint density at radius 2 is 1.88 bits per heavy atom. The van der Waals surface area contributed by atoms with Crippen LogP contribution < -0.4 is 0 Å². The molecule has 128 valence electrons. The molecule has 1 amide bonds. The molecule has 1 fully saturated rings. The largest absolute Gasteiger partial charge is 0.465 e. The monoisotopic (exact) mass is 336 g/mol. The first kappa shape index (κ1) is 15.7. The van der Waals surface area contributed by atoms with Crippen LogP contribution in [0.2, 0.25) is 0 Å². The van der Waals surface area contributed by atoms with Gasteiger partial charge in [-0.15, -0.1) is 0 Å². The summed E-state index contributed by atoms with van der Waals surface area (Å²) < 4.78 is 5.97. The predicted octanol–water partition coefficient (Wildman–Crippen LogP) is 4.66. The lowest BCUT2D eigenvalue weighted by atomic mass is 9.89. The molecule has 4 rings (SSSR count). The van der Waals surface area contributed by atoms with Crippen LogP contribution in [-0.2, 0) is 0 Å². The number of hydrogen-bond donors (Lipinski definition) is 1. The number of benzene rings is 2. The minimum atomic E-state index is -0.827. The van der Waals surface area contributed by atoms with E-state index in [0.717, 1.165) is 29.5 Å². The van der Waals surface area contributed by atoms with Crippen LogP contribution in [-0.4, -0.2) is 34.2 Å². The molecular weight excluding hydrogens is 316 g/mol. The summed E-state index contributed by atoms with van der Waals surface area (Å²) in [7, 11) is 0. The molecule has 5 heteroatoms. The summed E-state index contributed by atoms with van der Waals surface area (Å²) in [5.74, 6) is 1.00. The third-order valence-corrected chi connectivity index (χ3v) is 4.95. The minimum absolute atomic E-state index is 0.368. The first-order chi connectivity index (χ1) is 12.1. The zero-order valence-corrected chi connectivity index (χ0v) is 14.1. The lowest BCUT2D eigenvalue weighted by Crippen LogP contribution is -2.36. The summed E-state index contributed by atoms with van der Waals surface area (Å²) in [6.07, 6.45) is 0.861. The minimum Gasteiger partial charge on any atom is -0.465 e. The van der Waals surface area contributed by atoms with Gasteiger partial charge in [0.1, 0.15) is 5.52 Å². The highest BCUT2D eigenvalue weighted by atomic mass is 16.4. The van der Waals surface area contributed by atoms with E-state index >= 15 is 0 Å². The molecule has 1 N–H and O–H groups in total. The summed E-state index contributed by atoms with van der Waals surface area (Å²) in [6.45, 7) is 3.23. The zero-order chi connectivity index (χ0) is 17.4. The molecule has 1 saturated heterocycles. The van der Waals surface area contributed by atoms with Gasteiger partial charge < -0.3 is 14.4 Å². The van der Waals surface area contributed by atoms with Gasteiger partial charge >= 0.3 is 6.09 Å². The molecule has 0 atom stereocenters. The Labute approximate surface area is 145 Å². The van der Waals surface area contributed by atoms with Gasteiger partial charge in [-0.05, 0) is 55.5 Å². The van der Waals surface area contributed by atoms with Crippen molar-refractivity contribution in [2.75, 3.05) is 13.1 Å². The van der Waals surface area contributed by atoms with Gasteiger partial charge in [0.2, 0.25) is 5.89 Å². The van der Waals surface area contributed by atoms with Crippen LogP contribution in [0.1, 0.15) is 29.9 Å². The van der Waals surface area contributed by atoms with Crippen molar-refractivity contribution in [3.63, 3.8) is 0 Å². The van der Waals surface area contributed by atoms with Crippen LogP contribution in [0.4, 0.5) is 4.79 Å². The second-order valence-corrected chi connectivity index (χ2v) is 6.66. The van der Waals surface area contributed by atoms with Crippen molar-refractivity contribution in [2.45, 2.75) is 25.7 Å². The zero-order valence-electron chi connectivity index (χ0n) is 14.1. The van der Waals surface area contributed by atoms with Crippen molar-refractivity contribution < 1.29 is 14.3 Å². The SMILES string of the molecule is Cc1ccc(-c2nc3ccc(C4CCN(C(=O)O)CC4)cc3o2)cc1. The molecule has 0 aliphatic carbocycles. The number of hydrogen-bond acceptors (Lipinski definition) is 3. The normalized spacial score (nSPS) is 15.6. The second kappa shape index (κ2) is 6.24. The first-order valence-corrected chi connectivity index (χ1v) is 8.55. The number of likely N-dealkylation sites (tertiary alicyclic amines) is 1. The standard InChI is InChI=1S/C20H20N2O3/c1-13-2-4-15(5-3-13)19-21-17-7-6-16(12-18(17)25-19)14-8-10-22(11-9-14)20(23)24/h2-7,12,14H,8-11H2,1H3,(H,23,24). The Balaban J connectivity index is 1.58. The number of oxazole rings is 1. The van der Waals surface area contributed by atoms with E-state index in [1.165, 1.54) is 16.0 Å². The number of carboxylic acid groups (broad SMARTS) is 1. The average Bonchev–Trinajstić information content (AvgIpc) is 3.05. The van der Waals surface area contributed by atoms with Crippen LogP contribution in [0.15, 0.2) is 46.9 Å². The Morgan fingerprint density at radius 1 is 1.16 bits per heavy atom. The third kappa shape index (κ3) is 3.09.